The van der Waals surface area contributed by atoms with Crippen molar-refractivity contribution in [2.45, 2.75) is 0 Å². The predicted molar refractivity (Wildman–Crippen MR) is 261 cm³/mol. The highest BCUT2D eigenvalue weighted by Crippen LogP contribution is 2.48. The van der Waals surface area contributed by atoms with Crippen LogP contribution in [0.1, 0.15) is 0 Å². The molecule has 0 atom stereocenters. The topological polar surface area (TPSA) is 3.24 Å². The SMILES string of the molecule is c1ccc(-c2ccccc2-c2c(-c3ccccc3)cccc2N(c2ccc(-c3ccc(-c4ccc5ccccc5c4)cc3)cc2)c2ccc3c(ccc4ccccc43)c2)cc1. The van der Waals surface area contributed by atoms with Crippen molar-refractivity contribution in [2.24, 2.45) is 0 Å². The zero-order valence-electron chi connectivity index (χ0n) is 33.6. The summed E-state index contributed by atoms with van der Waals surface area (Å²) in [6.07, 6.45) is 0. The van der Waals surface area contributed by atoms with Gasteiger partial charge in [-0.25, -0.2) is 0 Å². The van der Waals surface area contributed by atoms with Crippen molar-refractivity contribution in [2.75, 3.05) is 4.90 Å². The lowest BCUT2D eigenvalue weighted by Crippen LogP contribution is -2.12. The summed E-state index contributed by atoms with van der Waals surface area (Å²) in [5.41, 5.74) is 15.2. The highest BCUT2D eigenvalue weighted by Gasteiger charge is 2.23. The van der Waals surface area contributed by atoms with Gasteiger partial charge < -0.3 is 4.90 Å². The maximum Gasteiger partial charge on any atom is 0.0546 e. The number of nitrogens with zero attached hydrogens (tertiary/aromatic N) is 1. The molecule has 1 nitrogen and oxygen atoms in total. The van der Waals surface area contributed by atoms with Gasteiger partial charge in [-0.3, -0.25) is 0 Å². The monoisotopic (exact) mass is 775 g/mol. The van der Waals surface area contributed by atoms with Crippen LogP contribution in [0.3, 0.4) is 0 Å². The van der Waals surface area contributed by atoms with Crippen LogP contribution in [0.25, 0.3) is 88.0 Å². The van der Waals surface area contributed by atoms with E-state index in [0.717, 1.165) is 17.1 Å². The fourth-order valence-corrected chi connectivity index (χ4v) is 9.03. The molecule has 0 bridgehead atoms. The fraction of sp³-hybridized carbons (Fsp3) is 0. The Morgan fingerprint density at radius 3 is 1.46 bits per heavy atom. The predicted octanol–water partition coefficient (Wildman–Crippen LogP) is 17.0. The molecule has 1 heteroatoms. The highest BCUT2D eigenvalue weighted by molar-refractivity contribution is 6.09. The minimum absolute atomic E-state index is 1.08. The molecule has 0 heterocycles. The lowest BCUT2D eigenvalue weighted by atomic mass is 9.87. The second-order valence-electron chi connectivity index (χ2n) is 15.7. The molecule has 0 amide bonds. The van der Waals surface area contributed by atoms with E-state index in [1.807, 2.05) is 0 Å². The molecule has 11 rings (SSSR count). The molecule has 0 fully saturated rings. The largest absolute Gasteiger partial charge is 0.310 e. The van der Waals surface area contributed by atoms with E-state index in [0.29, 0.717) is 0 Å². The highest BCUT2D eigenvalue weighted by atomic mass is 15.1. The summed E-state index contributed by atoms with van der Waals surface area (Å²) in [7, 11) is 0. The van der Waals surface area contributed by atoms with Gasteiger partial charge in [0.05, 0.1) is 5.69 Å². The molecule has 0 saturated heterocycles. The van der Waals surface area contributed by atoms with Gasteiger partial charge >= 0.3 is 0 Å². The normalized spacial score (nSPS) is 11.3. The Morgan fingerprint density at radius 1 is 0.230 bits per heavy atom. The molecular formula is C60H41N. The van der Waals surface area contributed by atoms with E-state index in [1.165, 1.54) is 88.0 Å². The minimum atomic E-state index is 1.08. The Kier molecular flexibility index (Phi) is 9.26. The van der Waals surface area contributed by atoms with Crippen molar-refractivity contribution in [3.8, 4) is 55.6 Å². The van der Waals surface area contributed by atoms with Crippen molar-refractivity contribution in [3.63, 3.8) is 0 Å². The zero-order chi connectivity index (χ0) is 40.5. The van der Waals surface area contributed by atoms with Crippen molar-refractivity contribution >= 4 is 49.4 Å². The Labute approximate surface area is 357 Å². The van der Waals surface area contributed by atoms with E-state index in [1.54, 1.807) is 0 Å². The van der Waals surface area contributed by atoms with E-state index >= 15 is 0 Å². The molecule has 0 aromatic heterocycles. The van der Waals surface area contributed by atoms with E-state index in [-0.39, 0.29) is 0 Å². The van der Waals surface area contributed by atoms with Gasteiger partial charge in [0.25, 0.3) is 0 Å². The molecule has 11 aromatic carbocycles. The quantitative estimate of drug-likeness (QED) is 0.139. The third kappa shape index (κ3) is 6.83. The summed E-state index contributed by atoms with van der Waals surface area (Å²) in [6.45, 7) is 0. The molecule has 0 radical (unpaired) electrons. The van der Waals surface area contributed by atoms with E-state index < -0.39 is 0 Å². The second-order valence-corrected chi connectivity index (χ2v) is 15.7. The van der Waals surface area contributed by atoms with Crippen LogP contribution in [-0.2, 0) is 0 Å². The third-order valence-electron chi connectivity index (χ3n) is 12.1. The number of rotatable bonds is 8. The lowest BCUT2D eigenvalue weighted by molar-refractivity contribution is 1.29. The number of hydrogen-bond acceptors (Lipinski definition) is 1. The van der Waals surface area contributed by atoms with Gasteiger partial charge in [-0.2, -0.15) is 0 Å². The molecule has 286 valence electrons. The maximum atomic E-state index is 2.45. The van der Waals surface area contributed by atoms with Gasteiger partial charge in [0.1, 0.15) is 0 Å². The zero-order valence-corrected chi connectivity index (χ0v) is 33.6. The molecule has 0 aliphatic carbocycles. The van der Waals surface area contributed by atoms with Crippen LogP contribution < -0.4 is 4.90 Å². The molecule has 0 spiro atoms. The standard InChI is InChI=1S/C60H41N/c1-3-15-46(16-4-1)55-22-11-12-23-58(55)60-57(47-17-5-2-6-18-47)24-13-25-59(60)61(53-38-39-56-51(41-53)33-31-48-19-9-10-21-54(48)56)52-36-34-44(35-37-52)43-26-28-45(29-27-43)50-32-30-42-14-7-8-20-49(42)40-50/h1-41H. The van der Waals surface area contributed by atoms with Crippen molar-refractivity contribution in [1.29, 1.82) is 0 Å². The Balaban J connectivity index is 1.08. The average Bonchev–Trinajstić information content (AvgIpc) is 3.34. The Morgan fingerprint density at radius 2 is 0.721 bits per heavy atom. The summed E-state index contributed by atoms with van der Waals surface area (Å²) in [5, 5.41) is 7.47. The molecule has 0 aliphatic rings. The van der Waals surface area contributed by atoms with Crippen LogP contribution in [0.2, 0.25) is 0 Å². The summed E-state index contributed by atoms with van der Waals surface area (Å²) in [5.74, 6) is 0. The van der Waals surface area contributed by atoms with E-state index in [2.05, 4.69) is 254 Å². The Bertz CT molecular complexity index is 3330. The van der Waals surface area contributed by atoms with Crippen LogP contribution in [0.5, 0.6) is 0 Å². The third-order valence-corrected chi connectivity index (χ3v) is 12.1. The second kappa shape index (κ2) is 15.6. The molecule has 61 heavy (non-hydrogen) atoms. The first-order valence-corrected chi connectivity index (χ1v) is 21.0. The van der Waals surface area contributed by atoms with Gasteiger partial charge in [0, 0.05) is 16.9 Å². The average molecular weight is 776 g/mol. The van der Waals surface area contributed by atoms with Gasteiger partial charge in [-0.05, 0) is 119 Å². The first kappa shape index (κ1) is 36.1. The summed E-state index contributed by atoms with van der Waals surface area (Å²) < 4.78 is 0. The Hall–Kier alpha value is -8.00. The van der Waals surface area contributed by atoms with Crippen LogP contribution in [0, 0.1) is 0 Å². The van der Waals surface area contributed by atoms with Gasteiger partial charge in [0.2, 0.25) is 0 Å². The number of anilines is 3. The van der Waals surface area contributed by atoms with Crippen molar-refractivity contribution in [1.82, 2.24) is 0 Å². The van der Waals surface area contributed by atoms with Crippen LogP contribution >= 0.6 is 0 Å². The maximum absolute atomic E-state index is 2.45. The van der Waals surface area contributed by atoms with Gasteiger partial charge in [-0.15, -0.1) is 0 Å². The first-order valence-electron chi connectivity index (χ1n) is 21.0. The minimum Gasteiger partial charge on any atom is -0.310 e. The smallest absolute Gasteiger partial charge is 0.0546 e. The summed E-state index contributed by atoms with van der Waals surface area (Å²) in [4.78, 5) is 2.45. The van der Waals surface area contributed by atoms with Crippen molar-refractivity contribution < 1.29 is 0 Å². The van der Waals surface area contributed by atoms with Crippen molar-refractivity contribution in [3.05, 3.63) is 249 Å². The molecular weight excluding hydrogens is 735 g/mol. The van der Waals surface area contributed by atoms with Gasteiger partial charge in [-0.1, -0.05) is 212 Å². The van der Waals surface area contributed by atoms with Crippen LogP contribution in [-0.4, -0.2) is 0 Å². The van der Waals surface area contributed by atoms with Gasteiger partial charge in [0.15, 0.2) is 0 Å². The molecule has 0 saturated carbocycles. The molecule has 0 unspecified atom stereocenters. The number of hydrogen-bond donors (Lipinski definition) is 0. The lowest BCUT2D eigenvalue weighted by Gasteiger charge is -2.30. The molecule has 0 N–H and O–H groups in total. The number of fused-ring (bicyclic) bond motifs is 4. The van der Waals surface area contributed by atoms with Crippen LogP contribution in [0.15, 0.2) is 249 Å². The van der Waals surface area contributed by atoms with E-state index in [4.69, 9.17) is 0 Å². The molecule has 0 aliphatic heterocycles. The fourth-order valence-electron chi connectivity index (χ4n) is 9.03. The molecule has 11 aromatic rings. The summed E-state index contributed by atoms with van der Waals surface area (Å²) in [6, 6.07) is 90.6. The van der Waals surface area contributed by atoms with E-state index in [9.17, 15) is 0 Å². The summed E-state index contributed by atoms with van der Waals surface area (Å²) >= 11 is 0. The van der Waals surface area contributed by atoms with Crippen LogP contribution in [0.4, 0.5) is 17.1 Å². The number of benzene rings is 11. The first-order chi connectivity index (χ1) is 30.2.